The first-order chi connectivity index (χ1) is 13.4. The van der Waals surface area contributed by atoms with Crippen LogP contribution in [0.5, 0.6) is 0 Å². The molecule has 2 aliphatic rings. The van der Waals surface area contributed by atoms with Crippen molar-refractivity contribution in [2.75, 3.05) is 5.32 Å². The lowest BCUT2D eigenvalue weighted by atomic mass is 9.73. The van der Waals surface area contributed by atoms with Crippen molar-refractivity contribution in [2.45, 2.75) is 39.7 Å². The first-order valence-electron chi connectivity index (χ1n) is 9.37. The van der Waals surface area contributed by atoms with E-state index in [0.29, 0.717) is 18.2 Å². The van der Waals surface area contributed by atoms with Gasteiger partial charge >= 0.3 is 0 Å². The molecule has 0 radical (unpaired) electrons. The largest absolute Gasteiger partial charge is 0.328 e. The van der Waals surface area contributed by atoms with Crippen LogP contribution in [0, 0.1) is 12.3 Å². The summed E-state index contributed by atoms with van der Waals surface area (Å²) in [5.41, 5.74) is 3.84. The molecule has 1 aliphatic heterocycles. The number of ketones is 1. The van der Waals surface area contributed by atoms with Crippen molar-refractivity contribution in [1.29, 1.82) is 0 Å². The number of allylic oxidation sites excluding steroid dienone is 2. The molecule has 142 valence electrons. The third-order valence-electron chi connectivity index (χ3n) is 5.42. The second kappa shape index (κ2) is 6.10. The van der Waals surface area contributed by atoms with Crippen LogP contribution in [-0.4, -0.2) is 25.5 Å². The van der Waals surface area contributed by atoms with Crippen LogP contribution >= 0.6 is 11.3 Å². The fourth-order valence-electron chi connectivity index (χ4n) is 4.14. The van der Waals surface area contributed by atoms with Gasteiger partial charge in [0, 0.05) is 40.5 Å². The molecule has 0 aromatic carbocycles. The van der Waals surface area contributed by atoms with Crippen LogP contribution in [0.3, 0.4) is 0 Å². The van der Waals surface area contributed by atoms with Gasteiger partial charge in [-0.2, -0.15) is 4.98 Å². The van der Waals surface area contributed by atoms with E-state index < -0.39 is 0 Å². The molecule has 28 heavy (non-hydrogen) atoms. The van der Waals surface area contributed by atoms with Crippen LogP contribution < -0.4 is 5.32 Å². The van der Waals surface area contributed by atoms with Crippen LogP contribution in [-0.2, 0) is 4.79 Å². The zero-order valence-corrected chi connectivity index (χ0v) is 16.9. The number of carbonyl (C=O) groups excluding carboxylic acids is 1. The average molecular weight is 392 g/mol. The van der Waals surface area contributed by atoms with Crippen molar-refractivity contribution in [3.05, 3.63) is 57.7 Å². The van der Waals surface area contributed by atoms with E-state index in [0.717, 1.165) is 28.1 Å². The number of pyridine rings is 1. The summed E-state index contributed by atoms with van der Waals surface area (Å²) in [5.74, 6) is 1.52. The van der Waals surface area contributed by atoms with Crippen LogP contribution in [0.1, 0.15) is 43.2 Å². The highest BCUT2D eigenvalue weighted by atomic mass is 32.1. The Hall–Kier alpha value is -2.80. The van der Waals surface area contributed by atoms with E-state index in [4.69, 9.17) is 10.1 Å². The number of hydrogen-bond acceptors (Lipinski definition) is 6. The van der Waals surface area contributed by atoms with Crippen LogP contribution in [0.25, 0.3) is 11.4 Å². The summed E-state index contributed by atoms with van der Waals surface area (Å²) in [7, 11) is 0. The minimum atomic E-state index is -0.224. The number of nitrogens with zero attached hydrogens (tertiary/aromatic N) is 4. The molecule has 1 N–H and O–H groups in total. The van der Waals surface area contributed by atoms with E-state index in [-0.39, 0.29) is 17.2 Å². The van der Waals surface area contributed by atoms with Gasteiger partial charge in [-0.1, -0.05) is 13.8 Å². The minimum absolute atomic E-state index is 0.0614. The SMILES string of the molecule is Cc1ccsc1C1C2=C(CC(C)(C)CC2=O)Nc2nc(-c3ccncc3)nn21. The van der Waals surface area contributed by atoms with Gasteiger partial charge < -0.3 is 5.32 Å². The lowest BCUT2D eigenvalue weighted by molar-refractivity contribution is -0.118. The molecule has 0 spiro atoms. The van der Waals surface area contributed by atoms with Crippen molar-refractivity contribution < 1.29 is 4.79 Å². The molecule has 4 heterocycles. The molecule has 3 aromatic rings. The normalized spacial score (nSPS) is 20.5. The summed E-state index contributed by atoms with van der Waals surface area (Å²) in [6.45, 7) is 6.37. The molecule has 5 rings (SSSR count). The van der Waals surface area contributed by atoms with Gasteiger partial charge in [-0.15, -0.1) is 16.4 Å². The Kier molecular flexibility index (Phi) is 3.77. The van der Waals surface area contributed by atoms with Crippen molar-refractivity contribution in [3.63, 3.8) is 0 Å². The van der Waals surface area contributed by atoms with Crippen molar-refractivity contribution in [2.24, 2.45) is 5.41 Å². The number of aryl methyl sites for hydroxylation is 1. The van der Waals surface area contributed by atoms with E-state index in [1.54, 1.807) is 23.7 Å². The highest BCUT2D eigenvalue weighted by Crippen LogP contribution is 2.47. The van der Waals surface area contributed by atoms with Gasteiger partial charge in [-0.3, -0.25) is 9.78 Å². The Labute approximate surface area is 167 Å². The quantitative estimate of drug-likeness (QED) is 0.702. The van der Waals surface area contributed by atoms with Gasteiger partial charge in [-0.05, 0) is 47.9 Å². The van der Waals surface area contributed by atoms with Crippen LogP contribution in [0.4, 0.5) is 5.95 Å². The van der Waals surface area contributed by atoms with Crippen LogP contribution in [0.15, 0.2) is 47.2 Å². The molecule has 0 fully saturated rings. The lowest BCUT2D eigenvalue weighted by Gasteiger charge is -2.38. The Balaban J connectivity index is 1.70. The van der Waals surface area contributed by atoms with Gasteiger partial charge in [0.1, 0.15) is 6.04 Å². The second-order valence-corrected chi connectivity index (χ2v) is 9.22. The first-order valence-corrected chi connectivity index (χ1v) is 10.3. The molecule has 1 aliphatic carbocycles. The summed E-state index contributed by atoms with van der Waals surface area (Å²) < 4.78 is 1.88. The second-order valence-electron chi connectivity index (χ2n) is 8.27. The van der Waals surface area contributed by atoms with Crippen molar-refractivity contribution >= 4 is 23.1 Å². The predicted molar refractivity (Wildman–Crippen MR) is 109 cm³/mol. The number of hydrogen-bond donors (Lipinski definition) is 1. The maximum absolute atomic E-state index is 13.2. The fourth-order valence-corrected chi connectivity index (χ4v) is 5.16. The zero-order valence-electron chi connectivity index (χ0n) is 16.1. The molecule has 1 atom stereocenters. The maximum Gasteiger partial charge on any atom is 0.226 e. The molecular formula is C21H21N5OS. The van der Waals surface area contributed by atoms with E-state index in [2.05, 4.69) is 42.5 Å². The predicted octanol–water partition coefficient (Wildman–Crippen LogP) is 4.37. The summed E-state index contributed by atoms with van der Waals surface area (Å²) in [4.78, 5) is 23.2. The molecule has 0 amide bonds. The summed E-state index contributed by atoms with van der Waals surface area (Å²) in [6.07, 6.45) is 4.85. The number of thiophene rings is 1. The zero-order chi connectivity index (χ0) is 19.5. The molecular weight excluding hydrogens is 370 g/mol. The van der Waals surface area contributed by atoms with E-state index >= 15 is 0 Å². The van der Waals surface area contributed by atoms with E-state index in [1.165, 1.54) is 5.56 Å². The third-order valence-corrected chi connectivity index (χ3v) is 6.49. The topological polar surface area (TPSA) is 72.7 Å². The van der Waals surface area contributed by atoms with Gasteiger partial charge in [0.15, 0.2) is 11.6 Å². The third kappa shape index (κ3) is 2.69. The summed E-state index contributed by atoms with van der Waals surface area (Å²) >= 11 is 1.67. The highest BCUT2D eigenvalue weighted by Gasteiger charge is 2.42. The summed E-state index contributed by atoms with van der Waals surface area (Å²) in [5, 5.41) is 10.3. The Bertz CT molecular complexity index is 1110. The molecule has 7 heteroatoms. The summed E-state index contributed by atoms with van der Waals surface area (Å²) in [6, 6.07) is 5.67. The monoisotopic (exact) mass is 391 g/mol. The Morgan fingerprint density at radius 3 is 2.71 bits per heavy atom. The number of fused-ring (bicyclic) bond motifs is 1. The van der Waals surface area contributed by atoms with E-state index in [1.807, 2.05) is 16.8 Å². The van der Waals surface area contributed by atoms with Gasteiger partial charge in [0.05, 0.1) is 0 Å². The van der Waals surface area contributed by atoms with E-state index in [9.17, 15) is 4.79 Å². The van der Waals surface area contributed by atoms with Crippen molar-refractivity contribution in [3.8, 4) is 11.4 Å². The number of anilines is 1. The minimum Gasteiger partial charge on any atom is -0.328 e. The molecule has 0 bridgehead atoms. The maximum atomic E-state index is 13.2. The number of rotatable bonds is 2. The van der Waals surface area contributed by atoms with Gasteiger partial charge in [0.2, 0.25) is 5.95 Å². The average Bonchev–Trinajstić information content (AvgIpc) is 3.25. The molecule has 6 nitrogen and oxygen atoms in total. The van der Waals surface area contributed by atoms with Gasteiger partial charge in [0.25, 0.3) is 0 Å². The molecule has 0 saturated carbocycles. The first kappa shape index (κ1) is 17.3. The van der Waals surface area contributed by atoms with Crippen molar-refractivity contribution in [1.82, 2.24) is 19.7 Å². The van der Waals surface area contributed by atoms with Gasteiger partial charge in [-0.25, -0.2) is 4.68 Å². The highest BCUT2D eigenvalue weighted by molar-refractivity contribution is 7.10. The molecule has 0 saturated heterocycles. The number of aromatic nitrogens is 4. The molecule has 1 unspecified atom stereocenters. The lowest BCUT2D eigenvalue weighted by Crippen LogP contribution is -2.36. The fraction of sp³-hybridized carbons (Fsp3) is 0.333. The Morgan fingerprint density at radius 2 is 2.00 bits per heavy atom. The Morgan fingerprint density at radius 1 is 1.21 bits per heavy atom. The molecule has 3 aromatic heterocycles. The van der Waals surface area contributed by atoms with Crippen LogP contribution in [0.2, 0.25) is 0 Å². The number of nitrogens with one attached hydrogen (secondary N) is 1. The smallest absolute Gasteiger partial charge is 0.226 e. The standard InChI is InChI=1S/C21H21N5OS/c1-12-6-9-28-18(12)17-16-14(10-21(2,3)11-15(16)27)23-20-24-19(25-26(17)20)13-4-7-22-8-5-13/h4-9,17H,10-11H2,1-3H3,(H,23,24,25). The number of Topliss-reactive ketones (excluding diaryl/α,β-unsaturated/α-hetero) is 1. The number of carbonyl (C=O) groups is 1.